The Kier molecular flexibility index (Phi) is 13.4. The molecule has 1 unspecified atom stereocenters. The summed E-state index contributed by atoms with van der Waals surface area (Å²) in [5, 5.41) is 3.61. The summed E-state index contributed by atoms with van der Waals surface area (Å²) in [6, 6.07) is -0.843. The van der Waals surface area contributed by atoms with E-state index < -0.39 is 57.2 Å². The highest BCUT2D eigenvalue weighted by Gasteiger charge is 2.38. The predicted molar refractivity (Wildman–Crippen MR) is 142 cm³/mol. The molecule has 14 heteroatoms. The van der Waals surface area contributed by atoms with Crippen LogP contribution in [0.3, 0.4) is 0 Å². The molecule has 38 heavy (non-hydrogen) atoms. The molecule has 0 aliphatic carbocycles. The fourth-order valence-corrected chi connectivity index (χ4v) is 4.74. The number of phosphoric acid groups is 1. The van der Waals surface area contributed by atoms with Crippen LogP contribution in [0.4, 0.5) is 0 Å². The summed E-state index contributed by atoms with van der Waals surface area (Å²) in [5.74, 6) is 0. The summed E-state index contributed by atoms with van der Waals surface area (Å²) in [4.78, 5) is 38.8. The van der Waals surface area contributed by atoms with Gasteiger partial charge in [0.05, 0.1) is 34.7 Å². The van der Waals surface area contributed by atoms with Crippen LogP contribution >= 0.6 is 7.82 Å². The highest BCUT2D eigenvalue weighted by atomic mass is 31.2. The Morgan fingerprint density at radius 2 is 1.84 bits per heavy atom. The number of H-pyrrole nitrogens is 1. The van der Waals surface area contributed by atoms with Crippen molar-refractivity contribution >= 4 is 7.82 Å². The number of hydrogen-bond acceptors (Lipinski definition) is 8. The van der Waals surface area contributed by atoms with E-state index in [1.807, 2.05) is 0 Å². The molecule has 0 radical (unpaired) electrons. The summed E-state index contributed by atoms with van der Waals surface area (Å²) in [6.45, 7) is 0.189. The van der Waals surface area contributed by atoms with Gasteiger partial charge in [-0.15, -0.1) is 0 Å². The van der Waals surface area contributed by atoms with Gasteiger partial charge in [0.25, 0.3) is 5.56 Å². The highest BCUT2D eigenvalue weighted by Crippen LogP contribution is 2.44. The Morgan fingerprint density at radius 3 is 2.50 bits per heavy atom. The fraction of sp³-hybridized carbons (Fsp3) is 0.833. The average Bonchev–Trinajstić information content (AvgIpc) is 3.30. The number of aromatic amines is 1. The molecule has 2 N–H and O–H groups in total. The number of unbranched alkanes of at least 4 members (excludes halogenated alkanes) is 9. The van der Waals surface area contributed by atoms with Crippen molar-refractivity contribution in [2.45, 2.75) is 103 Å². The van der Waals surface area contributed by atoms with Gasteiger partial charge in [0, 0.05) is 29.7 Å². The van der Waals surface area contributed by atoms with Crippen LogP contribution in [0.2, 0.25) is 0 Å². The second-order valence-corrected chi connectivity index (χ2v) is 10.8. The number of phosphoric ester groups is 1. The molecular weight excluding hydrogens is 517 g/mol. The summed E-state index contributed by atoms with van der Waals surface area (Å²) in [6.07, 6.45) is 10.7. The van der Waals surface area contributed by atoms with Crippen LogP contribution in [0, 0.1) is 6.92 Å². The van der Waals surface area contributed by atoms with Crippen molar-refractivity contribution in [1.29, 1.82) is 0 Å². The zero-order chi connectivity index (χ0) is 29.6. The molecule has 0 spiro atoms. The van der Waals surface area contributed by atoms with Gasteiger partial charge in [-0.1, -0.05) is 69.8 Å². The number of hydrogen-bond donors (Lipinski definition) is 2. The Labute approximate surface area is 225 Å². The Morgan fingerprint density at radius 1 is 1.18 bits per heavy atom. The van der Waals surface area contributed by atoms with Crippen LogP contribution in [0.15, 0.2) is 20.9 Å². The molecule has 0 aromatic carbocycles. The minimum atomic E-state index is -4.72. The number of nitrogens with one attached hydrogen (secondary N) is 1. The lowest BCUT2D eigenvalue weighted by Gasteiger charge is -2.18. The van der Waals surface area contributed by atoms with Crippen molar-refractivity contribution in [2.75, 3.05) is 26.4 Å². The number of ether oxygens (including phenoxy) is 2. The summed E-state index contributed by atoms with van der Waals surface area (Å²) in [7, 11) is -4.72. The third kappa shape index (κ3) is 11.8. The fourth-order valence-electron chi connectivity index (χ4n) is 4.11. The Balaban J connectivity index is 1.73. The maximum Gasteiger partial charge on any atom is 0.472 e. The monoisotopic (exact) mass is 561 g/mol. The van der Waals surface area contributed by atoms with E-state index in [2.05, 4.69) is 21.9 Å². The van der Waals surface area contributed by atoms with E-state index in [0.717, 1.165) is 23.8 Å². The molecule has 13 nitrogen and oxygen atoms in total. The van der Waals surface area contributed by atoms with Crippen molar-refractivity contribution in [1.82, 2.24) is 9.55 Å². The smallest absolute Gasteiger partial charge is 0.379 e. The van der Waals surface area contributed by atoms with E-state index in [9.17, 15) is 19.0 Å². The quantitative estimate of drug-likeness (QED) is 0.0743. The molecule has 0 bridgehead atoms. The summed E-state index contributed by atoms with van der Waals surface area (Å²) >= 11 is 0. The van der Waals surface area contributed by atoms with E-state index >= 15 is 0 Å². The number of aryl methyl sites for hydroxylation is 1. The van der Waals surface area contributed by atoms with E-state index in [0.29, 0.717) is 6.42 Å². The topological polar surface area (TPSA) is 178 Å². The maximum absolute atomic E-state index is 12.4. The van der Waals surface area contributed by atoms with Gasteiger partial charge >= 0.3 is 13.5 Å². The average molecular weight is 562 g/mol. The van der Waals surface area contributed by atoms with E-state index in [-0.39, 0.29) is 18.6 Å². The van der Waals surface area contributed by atoms with Crippen LogP contribution < -0.4 is 11.2 Å². The zero-order valence-corrected chi connectivity index (χ0v) is 23.1. The standard InChI is InChI=1S/C24H42N5O8P/c1-3-4-5-6-7-8-9-10-11-12-13-34-14-15-35-38(32,33)36-18-21-20(27-28-25)16-22(37-21)29-17-19(2)23(30)26-24(29)31/h17,20-22H,3-16,18H2,1-2H3,(H,32,33)(H,26,30,31)/t20-,21+,22+/m0/s1/i14D2. The van der Waals surface area contributed by atoms with Crippen molar-refractivity contribution in [3.05, 3.63) is 43.0 Å². The molecule has 1 saturated heterocycles. The van der Waals surface area contributed by atoms with Gasteiger partial charge < -0.3 is 14.4 Å². The molecule has 2 rings (SSSR count). The SMILES string of the molecule is [2H]C([2H])(COP(=O)(O)OC[C@H]1O[C@@H](n2cc(C)c(=O)[nH]c2=O)C[C@@H]1N=[N+]=[N-])OCCCCCCCCCCCC. The number of nitrogens with zero attached hydrogens (tertiary/aromatic N) is 4. The molecule has 1 aliphatic heterocycles. The van der Waals surface area contributed by atoms with Gasteiger partial charge in [0.15, 0.2) is 0 Å². The van der Waals surface area contributed by atoms with Crippen molar-refractivity contribution in [3.8, 4) is 0 Å². The third-order valence-corrected chi connectivity index (χ3v) is 7.18. The van der Waals surface area contributed by atoms with E-state index in [1.54, 1.807) is 0 Å². The molecule has 1 aliphatic rings. The van der Waals surface area contributed by atoms with Crippen LogP contribution in [-0.4, -0.2) is 53.0 Å². The largest absolute Gasteiger partial charge is 0.472 e. The van der Waals surface area contributed by atoms with Crippen LogP contribution in [0.25, 0.3) is 10.4 Å². The first-order valence-electron chi connectivity index (χ1n) is 14.3. The predicted octanol–water partition coefficient (Wildman–Crippen LogP) is 4.88. The number of azide groups is 1. The highest BCUT2D eigenvalue weighted by molar-refractivity contribution is 7.47. The maximum atomic E-state index is 12.4. The Bertz CT molecular complexity index is 1130. The molecule has 0 saturated carbocycles. The Hall–Kier alpha value is -1.98. The first-order valence-corrected chi connectivity index (χ1v) is 14.7. The molecule has 0 amide bonds. The number of aromatic nitrogens is 2. The van der Waals surface area contributed by atoms with Crippen molar-refractivity contribution < 1.29 is 30.7 Å². The normalized spacial score (nSPS) is 21.9. The molecule has 1 fully saturated rings. The second-order valence-electron chi connectivity index (χ2n) is 9.33. The second kappa shape index (κ2) is 17.6. The first-order chi connectivity index (χ1) is 19.0. The first kappa shape index (κ1) is 29.0. The van der Waals surface area contributed by atoms with Gasteiger partial charge in [0.2, 0.25) is 0 Å². The van der Waals surface area contributed by atoms with Crippen LogP contribution in [0.5, 0.6) is 0 Å². The minimum Gasteiger partial charge on any atom is -0.379 e. The summed E-state index contributed by atoms with van der Waals surface area (Å²) < 4.78 is 49.9. The lowest BCUT2D eigenvalue weighted by atomic mass is 10.1. The molecular formula is C24H42N5O8P. The van der Waals surface area contributed by atoms with E-state index in [4.69, 9.17) is 26.8 Å². The molecule has 2 heterocycles. The van der Waals surface area contributed by atoms with Gasteiger partial charge in [0.1, 0.15) is 6.23 Å². The third-order valence-electron chi connectivity index (χ3n) is 6.25. The molecule has 4 atom stereocenters. The lowest BCUT2D eigenvalue weighted by Crippen LogP contribution is -2.33. The van der Waals surface area contributed by atoms with E-state index in [1.165, 1.54) is 51.6 Å². The molecule has 1 aromatic heterocycles. The van der Waals surface area contributed by atoms with Gasteiger partial charge in [-0.05, 0) is 18.9 Å². The lowest BCUT2D eigenvalue weighted by molar-refractivity contribution is -0.0293. The minimum absolute atomic E-state index is 0.0510. The molecule has 216 valence electrons. The van der Waals surface area contributed by atoms with Gasteiger partial charge in [-0.3, -0.25) is 23.4 Å². The zero-order valence-electron chi connectivity index (χ0n) is 24.2. The van der Waals surface area contributed by atoms with Crippen molar-refractivity contribution in [3.63, 3.8) is 0 Å². The van der Waals surface area contributed by atoms with Crippen LogP contribution in [-0.2, 0) is 23.1 Å². The van der Waals surface area contributed by atoms with Crippen molar-refractivity contribution in [2.24, 2.45) is 5.11 Å². The van der Waals surface area contributed by atoms with Gasteiger partial charge in [-0.25, -0.2) is 9.36 Å². The van der Waals surface area contributed by atoms with Crippen LogP contribution in [0.1, 0.15) is 92.1 Å². The van der Waals surface area contributed by atoms with Gasteiger partial charge in [-0.2, -0.15) is 0 Å². The summed E-state index contributed by atoms with van der Waals surface area (Å²) in [5.41, 5.74) is 7.87. The number of rotatable bonds is 20. The molecule has 1 aromatic rings.